The molecule has 0 fully saturated rings. The molecule has 0 aliphatic rings. The summed E-state index contributed by atoms with van der Waals surface area (Å²) >= 11 is 1.29. The molecule has 2 heterocycles. The van der Waals surface area contributed by atoms with Crippen LogP contribution in [-0.4, -0.2) is 31.1 Å². The summed E-state index contributed by atoms with van der Waals surface area (Å²) < 4.78 is 15.0. The number of nitrogens with one attached hydrogen (secondary N) is 1. The van der Waals surface area contributed by atoms with Crippen molar-refractivity contribution < 1.29 is 28.3 Å². The summed E-state index contributed by atoms with van der Waals surface area (Å²) in [6.45, 7) is 5.29. The maximum Gasteiger partial charge on any atom is 0.341 e. The maximum atomic E-state index is 12.2. The van der Waals surface area contributed by atoms with Crippen LogP contribution < -0.4 is 5.32 Å². The predicted molar refractivity (Wildman–Crippen MR) is 102 cm³/mol. The lowest BCUT2D eigenvalue weighted by atomic mass is 10.1. The fourth-order valence-corrected chi connectivity index (χ4v) is 3.54. The number of aryl methyl sites for hydroxylation is 1. The van der Waals surface area contributed by atoms with Crippen LogP contribution in [0.4, 0.5) is 5.00 Å². The smallest absolute Gasteiger partial charge is 0.341 e. The monoisotopic (exact) mass is 391 g/mol. The average Bonchev–Trinajstić information content (AvgIpc) is 3.25. The zero-order valence-electron chi connectivity index (χ0n) is 15.4. The summed E-state index contributed by atoms with van der Waals surface area (Å²) in [7, 11) is 0. The minimum atomic E-state index is -0.677. The third-order valence-electron chi connectivity index (χ3n) is 3.57. The first-order valence-electron chi connectivity index (χ1n) is 8.43. The first-order valence-corrected chi connectivity index (χ1v) is 9.25. The van der Waals surface area contributed by atoms with E-state index in [0.717, 1.165) is 10.4 Å². The van der Waals surface area contributed by atoms with Crippen molar-refractivity contribution in [3.63, 3.8) is 0 Å². The number of carbonyl (C=O) groups excluding carboxylic acids is 3. The quantitative estimate of drug-likeness (QED) is 0.546. The molecule has 0 saturated carbocycles. The van der Waals surface area contributed by atoms with Gasteiger partial charge in [0.05, 0.1) is 18.4 Å². The van der Waals surface area contributed by atoms with Gasteiger partial charge in [-0.2, -0.15) is 0 Å². The Morgan fingerprint density at radius 3 is 2.67 bits per heavy atom. The van der Waals surface area contributed by atoms with Gasteiger partial charge >= 0.3 is 11.9 Å². The van der Waals surface area contributed by atoms with Crippen LogP contribution in [0.3, 0.4) is 0 Å². The van der Waals surface area contributed by atoms with Crippen LogP contribution in [0, 0.1) is 6.92 Å². The number of ether oxygens (including phenoxy) is 2. The second-order valence-corrected chi connectivity index (χ2v) is 6.64. The van der Waals surface area contributed by atoms with E-state index in [4.69, 9.17) is 13.9 Å². The van der Waals surface area contributed by atoms with Gasteiger partial charge in [-0.1, -0.05) is 6.92 Å². The first-order chi connectivity index (χ1) is 13.0. The van der Waals surface area contributed by atoms with Gasteiger partial charge in [-0.15, -0.1) is 11.3 Å². The molecule has 0 bridgehead atoms. The Labute approximate surface area is 161 Å². The molecule has 0 aromatic carbocycles. The molecular formula is C19H21NO6S. The molecule has 0 aliphatic heterocycles. The molecule has 0 spiro atoms. The molecule has 0 radical (unpaired) electrons. The van der Waals surface area contributed by atoms with Gasteiger partial charge in [0.15, 0.2) is 6.61 Å². The number of anilines is 1. The molecule has 0 aliphatic carbocycles. The Balaban J connectivity index is 1.99. The van der Waals surface area contributed by atoms with Gasteiger partial charge in [0.1, 0.15) is 10.8 Å². The van der Waals surface area contributed by atoms with Crippen molar-refractivity contribution >= 4 is 40.3 Å². The number of hydrogen-bond acceptors (Lipinski definition) is 7. The fourth-order valence-electron chi connectivity index (χ4n) is 2.40. The van der Waals surface area contributed by atoms with Gasteiger partial charge in [0, 0.05) is 11.0 Å². The summed E-state index contributed by atoms with van der Waals surface area (Å²) in [5.41, 5.74) is 1.20. The molecule has 1 amide bonds. The topological polar surface area (TPSA) is 94.8 Å². The lowest BCUT2D eigenvalue weighted by molar-refractivity contribution is -0.142. The third kappa shape index (κ3) is 5.55. The van der Waals surface area contributed by atoms with E-state index in [1.54, 1.807) is 19.1 Å². The summed E-state index contributed by atoms with van der Waals surface area (Å²) in [5, 5.41) is 3.03. The second kappa shape index (κ2) is 9.72. The molecule has 2 aromatic rings. The molecule has 27 heavy (non-hydrogen) atoms. The molecule has 2 rings (SSSR count). The molecule has 0 unspecified atom stereocenters. The number of hydrogen-bond donors (Lipinski definition) is 1. The van der Waals surface area contributed by atoms with E-state index in [2.05, 4.69) is 5.32 Å². The van der Waals surface area contributed by atoms with Crippen LogP contribution in [0.25, 0.3) is 6.08 Å². The van der Waals surface area contributed by atoms with Gasteiger partial charge in [-0.05, 0) is 44.0 Å². The van der Waals surface area contributed by atoms with E-state index in [1.165, 1.54) is 29.8 Å². The molecule has 1 N–H and O–H groups in total. The minimum absolute atomic E-state index is 0.240. The molecule has 7 nitrogen and oxygen atoms in total. The third-order valence-corrected chi connectivity index (χ3v) is 4.63. The normalized spacial score (nSPS) is 10.8. The highest BCUT2D eigenvalue weighted by Gasteiger charge is 2.23. The fraction of sp³-hybridized carbons (Fsp3) is 0.316. The van der Waals surface area contributed by atoms with E-state index in [-0.39, 0.29) is 6.61 Å². The van der Waals surface area contributed by atoms with E-state index in [1.807, 2.05) is 13.8 Å². The summed E-state index contributed by atoms with van der Waals surface area (Å²) in [4.78, 5) is 36.9. The lowest BCUT2D eigenvalue weighted by Crippen LogP contribution is -2.21. The molecule has 2 aromatic heterocycles. The Hall–Kier alpha value is -2.87. The Morgan fingerprint density at radius 2 is 2.04 bits per heavy atom. The lowest BCUT2D eigenvalue weighted by Gasteiger charge is -2.08. The Morgan fingerprint density at radius 1 is 1.26 bits per heavy atom. The van der Waals surface area contributed by atoms with E-state index in [9.17, 15) is 14.4 Å². The highest BCUT2D eigenvalue weighted by molar-refractivity contribution is 7.16. The minimum Gasteiger partial charge on any atom is -0.465 e. The van der Waals surface area contributed by atoms with Crippen molar-refractivity contribution in [2.75, 3.05) is 18.5 Å². The van der Waals surface area contributed by atoms with Gasteiger partial charge in [0.25, 0.3) is 5.91 Å². The number of carbonyl (C=O) groups is 3. The van der Waals surface area contributed by atoms with E-state index >= 15 is 0 Å². The van der Waals surface area contributed by atoms with Crippen LogP contribution in [0.15, 0.2) is 28.9 Å². The van der Waals surface area contributed by atoms with Crippen molar-refractivity contribution in [3.8, 4) is 0 Å². The Kier molecular flexibility index (Phi) is 7.36. The van der Waals surface area contributed by atoms with Crippen molar-refractivity contribution in [2.45, 2.75) is 27.2 Å². The zero-order valence-corrected chi connectivity index (χ0v) is 16.2. The van der Waals surface area contributed by atoms with Gasteiger partial charge < -0.3 is 19.2 Å². The van der Waals surface area contributed by atoms with Crippen LogP contribution in [0.5, 0.6) is 0 Å². The van der Waals surface area contributed by atoms with Gasteiger partial charge in [-0.3, -0.25) is 4.79 Å². The number of esters is 2. The molecular weight excluding hydrogens is 370 g/mol. The van der Waals surface area contributed by atoms with Crippen LogP contribution in [0.1, 0.15) is 40.4 Å². The summed E-state index contributed by atoms with van der Waals surface area (Å²) in [6.07, 6.45) is 4.72. The molecule has 0 atom stereocenters. The van der Waals surface area contributed by atoms with Crippen molar-refractivity contribution in [1.29, 1.82) is 0 Å². The van der Waals surface area contributed by atoms with E-state index in [0.29, 0.717) is 22.7 Å². The van der Waals surface area contributed by atoms with Crippen LogP contribution >= 0.6 is 11.3 Å². The summed E-state index contributed by atoms with van der Waals surface area (Å²) in [6, 6.07) is 3.37. The predicted octanol–water partition coefficient (Wildman–Crippen LogP) is 3.58. The van der Waals surface area contributed by atoms with Crippen LogP contribution in [0.2, 0.25) is 0 Å². The van der Waals surface area contributed by atoms with E-state index < -0.39 is 24.5 Å². The van der Waals surface area contributed by atoms with Crippen molar-refractivity contribution in [3.05, 3.63) is 46.2 Å². The second-order valence-electron chi connectivity index (χ2n) is 5.42. The highest BCUT2D eigenvalue weighted by atomic mass is 32.1. The standard InChI is InChI=1S/C19H21NO6S/c1-4-14-12(3)27-18(17(14)19(23)24-5-2)20-15(21)11-26-16(22)9-8-13-7-6-10-25-13/h6-10H,4-5,11H2,1-3H3,(H,20,21)/b9-8+. The van der Waals surface area contributed by atoms with Crippen LogP contribution in [-0.2, 0) is 25.5 Å². The number of furan rings is 1. The zero-order chi connectivity index (χ0) is 19.8. The largest absolute Gasteiger partial charge is 0.465 e. The average molecular weight is 391 g/mol. The summed E-state index contributed by atoms with van der Waals surface area (Å²) in [5.74, 6) is -1.20. The van der Waals surface area contributed by atoms with Gasteiger partial charge in [0.2, 0.25) is 0 Å². The van der Waals surface area contributed by atoms with Crippen molar-refractivity contribution in [2.24, 2.45) is 0 Å². The highest BCUT2D eigenvalue weighted by Crippen LogP contribution is 2.34. The Bertz CT molecular complexity index is 835. The molecule has 0 saturated heterocycles. The maximum absolute atomic E-state index is 12.2. The SMILES string of the molecule is CCOC(=O)c1c(NC(=O)COC(=O)/C=C/c2ccco2)sc(C)c1CC. The number of amides is 1. The molecule has 8 heteroatoms. The first kappa shape index (κ1) is 20.4. The molecule has 144 valence electrons. The van der Waals surface area contributed by atoms with Crippen molar-refractivity contribution in [1.82, 2.24) is 0 Å². The van der Waals surface area contributed by atoms with Gasteiger partial charge in [-0.25, -0.2) is 9.59 Å². The number of rotatable bonds is 8. The number of thiophene rings is 1.